The molecule has 3 atom stereocenters. The van der Waals surface area contributed by atoms with Gasteiger partial charge in [0.15, 0.2) is 0 Å². The quantitative estimate of drug-likeness (QED) is 0.393. The summed E-state index contributed by atoms with van der Waals surface area (Å²) in [7, 11) is -2.03. The monoisotopic (exact) mass is 580 g/mol. The Bertz CT molecular complexity index is 1580. The van der Waals surface area contributed by atoms with E-state index in [1.807, 2.05) is 15.8 Å². The third-order valence-corrected chi connectivity index (χ3v) is 11.2. The van der Waals surface area contributed by atoms with Gasteiger partial charge in [0, 0.05) is 44.4 Å². The van der Waals surface area contributed by atoms with E-state index in [-0.39, 0.29) is 16.8 Å². The minimum absolute atomic E-state index is 0.111. The molecule has 216 valence electrons. The van der Waals surface area contributed by atoms with Gasteiger partial charge in [0.25, 0.3) is 0 Å². The molecule has 0 radical (unpaired) electrons. The molecule has 1 saturated carbocycles. The summed E-state index contributed by atoms with van der Waals surface area (Å²) in [6.07, 6.45) is 6.90. The van der Waals surface area contributed by atoms with Gasteiger partial charge >= 0.3 is 0 Å². The molecule has 0 spiro atoms. The van der Waals surface area contributed by atoms with E-state index < -0.39 is 21.6 Å². The van der Waals surface area contributed by atoms with E-state index in [0.29, 0.717) is 51.4 Å². The van der Waals surface area contributed by atoms with Crippen molar-refractivity contribution in [2.24, 2.45) is 11.3 Å². The zero-order chi connectivity index (χ0) is 28.4. The molecule has 0 bridgehead atoms. The second kappa shape index (κ2) is 10.0. The summed E-state index contributed by atoms with van der Waals surface area (Å²) in [5.74, 6) is 0.0889. The van der Waals surface area contributed by atoms with Gasteiger partial charge in [0.1, 0.15) is 12.0 Å². The molecule has 0 amide bonds. The SMILES string of the molecule is CO[C@H](C1CC1)C12Cc3cnn(-c4ccc(F)cc4)c3C=C1CCN(S(=O)(=O)c1ccc(N3CC[C@@H](F)C3)cc1)C2. The Balaban J connectivity index is 1.22. The molecule has 41 heavy (non-hydrogen) atoms. The van der Waals surface area contributed by atoms with Crippen LogP contribution in [0.15, 0.2) is 65.2 Å². The van der Waals surface area contributed by atoms with Crippen molar-refractivity contribution in [2.75, 3.05) is 38.2 Å². The van der Waals surface area contributed by atoms with E-state index in [2.05, 4.69) is 11.2 Å². The number of halogens is 2. The number of fused-ring (bicyclic) bond motifs is 2. The lowest BCUT2D eigenvalue weighted by molar-refractivity contribution is -0.0260. The number of hydrogen-bond acceptors (Lipinski definition) is 5. The van der Waals surface area contributed by atoms with Crippen molar-refractivity contribution in [3.8, 4) is 5.69 Å². The van der Waals surface area contributed by atoms with Crippen molar-refractivity contribution >= 4 is 21.8 Å². The van der Waals surface area contributed by atoms with Gasteiger partial charge < -0.3 is 9.64 Å². The lowest BCUT2D eigenvalue weighted by Crippen LogP contribution is -2.55. The Morgan fingerprint density at radius 2 is 1.76 bits per heavy atom. The van der Waals surface area contributed by atoms with Crippen LogP contribution in [-0.2, 0) is 21.2 Å². The van der Waals surface area contributed by atoms with E-state index in [9.17, 15) is 17.2 Å². The molecule has 1 aromatic heterocycles. The van der Waals surface area contributed by atoms with Crippen LogP contribution in [0.25, 0.3) is 11.8 Å². The number of ether oxygens (including phenoxy) is 1. The third kappa shape index (κ3) is 4.60. The molecular weight excluding hydrogens is 546 g/mol. The predicted octanol–water partition coefficient (Wildman–Crippen LogP) is 5.01. The number of hydrogen-bond donors (Lipinski definition) is 0. The van der Waals surface area contributed by atoms with Crippen LogP contribution >= 0.6 is 0 Å². The number of piperidine rings is 1. The lowest BCUT2D eigenvalue weighted by atomic mass is 9.64. The first-order valence-electron chi connectivity index (χ1n) is 14.3. The number of nitrogens with zero attached hydrogens (tertiary/aromatic N) is 4. The molecule has 3 aromatic rings. The fourth-order valence-corrected chi connectivity index (χ4v) is 8.64. The van der Waals surface area contributed by atoms with Crippen LogP contribution in [0, 0.1) is 17.2 Å². The van der Waals surface area contributed by atoms with Crippen molar-refractivity contribution < 1.29 is 21.9 Å². The first-order valence-corrected chi connectivity index (χ1v) is 15.8. The predicted molar refractivity (Wildman–Crippen MR) is 153 cm³/mol. The smallest absolute Gasteiger partial charge is 0.243 e. The largest absolute Gasteiger partial charge is 0.380 e. The van der Waals surface area contributed by atoms with Crippen molar-refractivity contribution in [3.05, 3.63) is 77.4 Å². The van der Waals surface area contributed by atoms with E-state index in [1.165, 1.54) is 17.7 Å². The van der Waals surface area contributed by atoms with Gasteiger partial charge in [0.05, 0.1) is 28.6 Å². The number of alkyl halides is 1. The van der Waals surface area contributed by atoms with Crippen LogP contribution in [0.1, 0.15) is 36.9 Å². The highest BCUT2D eigenvalue weighted by molar-refractivity contribution is 7.89. The number of aromatic nitrogens is 2. The van der Waals surface area contributed by atoms with Gasteiger partial charge in [-0.2, -0.15) is 9.40 Å². The maximum Gasteiger partial charge on any atom is 0.243 e. The van der Waals surface area contributed by atoms with E-state index in [0.717, 1.165) is 35.5 Å². The summed E-state index contributed by atoms with van der Waals surface area (Å²) in [5.41, 5.74) is 4.29. The van der Waals surface area contributed by atoms with Crippen LogP contribution in [0.5, 0.6) is 0 Å². The first-order chi connectivity index (χ1) is 19.8. The van der Waals surface area contributed by atoms with Crippen LogP contribution < -0.4 is 4.90 Å². The molecule has 3 heterocycles. The number of rotatable bonds is 7. The fraction of sp³-hybridized carbons (Fsp3) is 0.452. The third-order valence-electron chi connectivity index (χ3n) is 9.32. The minimum atomic E-state index is -3.77. The number of methoxy groups -OCH3 is 1. The molecule has 7 nitrogen and oxygen atoms in total. The molecule has 3 fully saturated rings. The maximum absolute atomic E-state index is 14.0. The van der Waals surface area contributed by atoms with E-state index in [4.69, 9.17) is 4.74 Å². The zero-order valence-electron chi connectivity index (χ0n) is 23.0. The summed E-state index contributed by atoms with van der Waals surface area (Å²) in [6, 6.07) is 13.1. The second-order valence-electron chi connectivity index (χ2n) is 11.9. The first kappa shape index (κ1) is 26.8. The number of benzene rings is 2. The molecule has 10 heteroatoms. The molecule has 7 rings (SSSR count). The highest BCUT2D eigenvalue weighted by Crippen LogP contribution is 2.53. The van der Waals surface area contributed by atoms with Crippen LogP contribution in [0.2, 0.25) is 0 Å². The van der Waals surface area contributed by atoms with E-state index in [1.54, 1.807) is 47.8 Å². The fourth-order valence-electron chi connectivity index (χ4n) is 7.13. The molecule has 2 aliphatic carbocycles. The highest BCUT2D eigenvalue weighted by Gasteiger charge is 2.54. The Morgan fingerprint density at radius 1 is 1.02 bits per heavy atom. The molecule has 2 aliphatic heterocycles. The van der Waals surface area contributed by atoms with Gasteiger partial charge in [-0.15, -0.1) is 0 Å². The zero-order valence-corrected chi connectivity index (χ0v) is 23.9. The summed E-state index contributed by atoms with van der Waals surface area (Å²) in [6.45, 7) is 1.68. The molecule has 4 aliphatic rings. The van der Waals surface area contributed by atoms with Gasteiger partial charge in [-0.05, 0) is 98.2 Å². The summed E-state index contributed by atoms with van der Waals surface area (Å²) >= 11 is 0. The molecule has 2 saturated heterocycles. The Kier molecular flexibility index (Phi) is 6.55. The number of sulfonamides is 1. The maximum atomic E-state index is 14.0. The van der Waals surface area contributed by atoms with Gasteiger partial charge in [-0.3, -0.25) is 0 Å². The van der Waals surface area contributed by atoms with Crippen molar-refractivity contribution in [1.29, 1.82) is 0 Å². The van der Waals surface area contributed by atoms with Gasteiger partial charge in [0.2, 0.25) is 10.0 Å². The standard InChI is InChI=1S/C31H34F2N4O3S/c1-40-30(21-2-3-21)31-17-22-18-34-37(27-6-4-24(32)5-7-27)29(22)16-23(31)12-15-36(20-31)41(38,39)28-10-8-26(9-11-28)35-14-13-25(33)19-35/h4-11,16,18,21,25,30H,2-3,12-15,17,19-20H2,1H3/t25-,30-,31?/m1/s1. The number of anilines is 1. The van der Waals surface area contributed by atoms with Gasteiger partial charge in [-0.25, -0.2) is 21.9 Å². The van der Waals surface area contributed by atoms with Crippen molar-refractivity contribution in [3.63, 3.8) is 0 Å². The molecule has 1 unspecified atom stereocenters. The second-order valence-corrected chi connectivity index (χ2v) is 13.8. The lowest BCUT2D eigenvalue weighted by Gasteiger charge is -2.50. The molecule has 0 N–H and O–H groups in total. The minimum Gasteiger partial charge on any atom is -0.380 e. The van der Waals surface area contributed by atoms with Crippen LogP contribution in [-0.4, -0.2) is 68.1 Å². The Hall–Kier alpha value is -3.08. The van der Waals surface area contributed by atoms with Crippen molar-refractivity contribution in [2.45, 2.75) is 49.3 Å². The average molecular weight is 581 g/mol. The topological polar surface area (TPSA) is 67.7 Å². The van der Waals surface area contributed by atoms with Crippen LogP contribution in [0.3, 0.4) is 0 Å². The molecule has 2 aromatic carbocycles. The molecular formula is C31H34F2N4O3S. The summed E-state index contributed by atoms with van der Waals surface area (Å²) < 4.78 is 64.9. The Morgan fingerprint density at radius 3 is 2.41 bits per heavy atom. The Labute approximate surface area is 239 Å². The van der Waals surface area contributed by atoms with Crippen LogP contribution in [0.4, 0.5) is 14.5 Å². The van der Waals surface area contributed by atoms with Gasteiger partial charge in [-0.1, -0.05) is 5.57 Å². The average Bonchev–Trinajstić information content (AvgIpc) is 3.58. The highest BCUT2D eigenvalue weighted by atomic mass is 32.2. The van der Waals surface area contributed by atoms with E-state index >= 15 is 0 Å². The summed E-state index contributed by atoms with van der Waals surface area (Å²) in [4.78, 5) is 2.21. The van der Waals surface area contributed by atoms with Crippen molar-refractivity contribution in [1.82, 2.24) is 14.1 Å². The summed E-state index contributed by atoms with van der Waals surface area (Å²) in [5, 5.41) is 4.64. The normalized spacial score (nSPS) is 25.5.